The zero-order valence-corrected chi connectivity index (χ0v) is 20.3. The van der Waals surface area contributed by atoms with E-state index in [0.29, 0.717) is 34.5 Å². The van der Waals surface area contributed by atoms with Crippen LogP contribution in [0.15, 0.2) is 54.9 Å². The minimum Gasteiger partial charge on any atom is -0.478 e. The van der Waals surface area contributed by atoms with Crippen LogP contribution in [0.5, 0.6) is 0 Å². The lowest BCUT2D eigenvalue weighted by Crippen LogP contribution is -2.27. The fraction of sp³-hybridized carbons (Fsp3) is 0.231. The van der Waals surface area contributed by atoms with Gasteiger partial charge in [0.2, 0.25) is 0 Å². The normalized spacial score (nSPS) is 17.3. The van der Waals surface area contributed by atoms with Crippen molar-refractivity contribution in [3.8, 4) is 10.6 Å². The van der Waals surface area contributed by atoms with Crippen molar-refractivity contribution in [1.82, 2.24) is 15.0 Å². The number of anilines is 2. The van der Waals surface area contributed by atoms with Crippen molar-refractivity contribution in [3.63, 3.8) is 0 Å². The maximum atomic E-state index is 16.4. The molecule has 0 bridgehead atoms. The number of nitrogens with zero attached hydrogens (tertiary/aromatic N) is 3. The number of carbonyl (C=O) groups is 1. The van der Waals surface area contributed by atoms with Gasteiger partial charge in [0.15, 0.2) is 5.67 Å². The van der Waals surface area contributed by atoms with Crippen LogP contribution >= 0.6 is 11.3 Å². The number of benzene rings is 1. The Morgan fingerprint density at radius 3 is 2.68 bits per heavy atom. The number of thiazole rings is 1. The van der Waals surface area contributed by atoms with E-state index in [1.54, 1.807) is 12.1 Å². The fourth-order valence-electron chi connectivity index (χ4n) is 4.44. The van der Waals surface area contributed by atoms with E-state index in [9.17, 15) is 23.1 Å². The number of rotatable bonds is 5. The Morgan fingerprint density at radius 2 is 1.92 bits per heavy atom. The van der Waals surface area contributed by atoms with Crippen LogP contribution in [0.2, 0.25) is 0 Å². The zero-order chi connectivity index (χ0) is 26.4. The number of hydrogen-bond donors (Lipinski definition) is 2. The van der Waals surface area contributed by atoms with E-state index in [-0.39, 0.29) is 28.6 Å². The minimum absolute atomic E-state index is 0.00822. The number of aromatic carboxylic acids is 1. The average molecular weight is 529 g/mol. The van der Waals surface area contributed by atoms with Crippen LogP contribution in [0, 0.1) is 6.92 Å². The molecule has 1 aliphatic rings. The first-order valence-corrected chi connectivity index (χ1v) is 12.2. The zero-order valence-electron chi connectivity index (χ0n) is 19.4. The molecule has 6 nitrogen and oxygen atoms in total. The Bertz CT molecular complexity index is 1500. The van der Waals surface area contributed by atoms with Gasteiger partial charge in [0, 0.05) is 12.4 Å². The molecule has 2 N–H and O–H groups in total. The molecule has 5 rings (SSSR count). The summed E-state index contributed by atoms with van der Waals surface area (Å²) in [6.07, 6.45) is -0.567. The second-order valence-electron chi connectivity index (χ2n) is 8.83. The SMILES string of the molecule is Cc1cc(Nc2cc(C(F)(F)F)ccn2)nc(-c2cnc([C@@]3(F)CCCc4cc(C(=O)O)ccc43)s2)c1. The lowest BCUT2D eigenvalue weighted by atomic mass is 9.80. The van der Waals surface area contributed by atoms with Gasteiger partial charge in [-0.15, -0.1) is 11.3 Å². The van der Waals surface area contributed by atoms with Gasteiger partial charge in [-0.2, -0.15) is 13.2 Å². The van der Waals surface area contributed by atoms with Gasteiger partial charge >= 0.3 is 12.1 Å². The van der Waals surface area contributed by atoms with Gasteiger partial charge in [-0.1, -0.05) is 6.07 Å². The van der Waals surface area contributed by atoms with Crippen molar-refractivity contribution in [2.45, 2.75) is 38.0 Å². The molecular formula is C26H20F4N4O2S. The molecule has 37 heavy (non-hydrogen) atoms. The van der Waals surface area contributed by atoms with Crippen LogP contribution in [0.4, 0.5) is 29.2 Å². The molecule has 0 fully saturated rings. The number of pyridine rings is 2. The predicted molar refractivity (Wildman–Crippen MR) is 131 cm³/mol. The van der Waals surface area contributed by atoms with Gasteiger partial charge in [0.1, 0.15) is 16.6 Å². The largest absolute Gasteiger partial charge is 0.478 e. The molecule has 0 saturated heterocycles. The summed E-state index contributed by atoms with van der Waals surface area (Å²) in [6.45, 7) is 1.81. The van der Waals surface area contributed by atoms with Crippen molar-refractivity contribution in [2.75, 3.05) is 5.32 Å². The van der Waals surface area contributed by atoms with Crippen molar-refractivity contribution < 1.29 is 27.5 Å². The summed E-state index contributed by atoms with van der Waals surface area (Å²) in [5, 5.41) is 12.3. The molecule has 0 spiro atoms. The highest BCUT2D eigenvalue weighted by molar-refractivity contribution is 7.15. The van der Waals surface area contributed by atoms with Crippen molar-refractivity contribution in [1.29, 1.82) is 0 Å². The second-order valence-corrected chi connectivity index (χ2v) is 9.86. The minimum atomic E-state index is -4.50. The van der Waals surface area contributed by atoms with E-state index in [0.717, 1.165) is 35.2 Å². The summed E-state index contributed by atoms with van der Waals surface area (Å²) in [6, 6.07) is 9.67. The molecule has 0 radical (unpaired) electrons. The van der Waals surface area contributed by atoms with Crippen molar-refractivity contribution >= 4 is 28.9 Å². The fourth-order valence-corrected chi connectivity index (χ4v) is 5.44. The standard InChI is InChI=1S/C26H20F4N4O2S/c1-14-9-19(33-22(10-14)34-21-12-17(6-8-31-21)26(28,29)30)20-13-32-24(37-20)25(27)7-2-3-15-11-16(23(35)36)4-5-18(15)25/h4-6,8-13H,2-3,7H2,1H3,(H,35,36)(H,31,33,34)/t25-/m1/s1. The Morgan fingerprint density at radius 1 is 1.11 bits per heavy atom. The second kappa shape index (κ2) is 9.22. The van der Waals surface area contributed by atoms with Gasteiger partial charge in [0.25, 0.3) is 0 Å². The number of fused-ring (bicyclic) bond motifs is 1. The third kappa shape index (κ3) is 4.91. The van der Waals surface area contributed by atoms with Crippen molar-refractivity contribution in [2.24, 2.45) is 0 Å². The lowest BCUT2D eigenvalue weighted by Gasteiger charge is -2.30. The summed E-state index contributed by atoms with van der Waals surface area (Å²) in [4.78, 5) is 24.7. The molecule has 190 valence electrons. The van der Waals surface area contributed by atoms with E-state index in [1.807, 2.05) is 6.92 Å². The molecule has 1 aromatic carbocycles. The monoisotopic (exact) mass is 528 g/mol. The first kappa shape index (κ1) is 24.8. The van der Waals surface area contributed by atoms with Gasteiger partial charge < -0.3 is 10.4 Å². The van der Waals surface area contributed by atoms with Crippen LogP contribution in [0.3, 0.4) is 0 Å². The van der Waals surface area contributed by atoms with Gasteiger partial charge in [-0.05, 0) is 79.3 Å². The maximum absolute atomic E-state index is 16.4. The number of carboxylic acids is 1. The Kier molecular flexibility index (Phi) is 6.18. The average Bonchev–Trinajstić information content (AvgIpc) is 3.35. The molecule has 3 heterocycles. The molecule has 1 aliphatic carbocycles. The lowest BCUT2D eigenvalue weighted by molar-refractivity contribution is -0.137. The van der Waals surface area contributed by atoms with Crippen LogP contribution in [-0.2, 0) is 18.3 Å². The highest BCUT2D eigenvalue weighted by Gasteiger charge is 2.41. The molecular weight excluding hydrogens is 508 g/mol. The van der Waals surface area contributed by atoms with Gasteiger partial charge in [-0.25, -0.2) is 24.1 Å². The van der Waals surface area contributed by atoms with E-state index in [4.69, 9.17) is 0 Å². The predicted octanol–water partition coefficient (Wildman–Crippen LogP) is 6.92. The van der Waals surface area contributed by atoms with E-state index >= 15 is 4.39 Å². The summed E-state index contributed by atoms with van der Waals surface area (Å²) in [5.41, 5.74) is -0.240. The highest BCUT2D eigenvalue weighted by Crippen LogP contribution is 2.46. The van der Waals surface area contributed by atoms with Gasteiger partial charge in [-0.3, -0.25) is 0 Å². The maximum Gasteiger partial charge on any atom is 0.416 e. The van der Waals surface area contributed by atoms with Crippen LogP contribution in [0.25, 0.3) is 10.6 Å². The number of halogens is 4. The quantitative estimate of drug-likeness (QED) is 0.274. The number of aryl methyl sites for hydroxylation is 2. The first-order valence-electron chi connectivity index (χ1n) is 11.3. The summed E-state index contributed by atoms with van der Waals surface area (Å²) >= 11 is 1.14. The number of nitrogens with one attached hydrogen (secondary N) is 1. The summed E-state index contributed by atoms with van der Waals surface area (Å²) in [7, 11) is 0. The van der Waals surface area contributed by atoms with E-state index in [1.165, 1.54) is 24.4 Å². The molecule has 0 unspecified atom stereocenters. The Labute approximate surface area is 213 Å². The number of carboxylic acid groups (broad SMARTS) is 1. The van der Waals surface area contributed by atoms with Crippen LogP contribution < -0.4 is 5.32 Å². The Hall–Kier alpha value is -3.86. The first-order chi connectivity index (χ1) is 17.5. The molecule has 11 heteroatoms. The molecule has 4 aromatic rings. The highest BCUT2D eigenvalue weighted by atomic mass is 32.1. The van der Waals surface area contributed by atoms with Gasteiger partial charge in [0.05, 0.1) is 21.7 Å². The molecule has 0 aliphatic heterocycles. The smallest absolute Gasteiger partial charge is 0.416 e. The molecule has 0 amide bonds. The third-order valence-electron chi connectivity index (χ3n) is 6.16. The van der Waals surface area contributed by atoms with Crippen LogP contribution in [-0.4, -0.2) is 26.0 Å². The molecule has 0 saturated carbocycles. The van der Waals surface area contributed by atoms with E-state index in [2.05, 4.69) is 20.3 Å². The summed E-state index contributed by atoms with van der Waals surface area (Å²) in [5.74, 6) is -0.785. The topological polar surface area (TPSA) is 88.0 Å². The van der Waals surface area contributed by atoms with E-state index < -0.39 is 23.4 Å². The third-order valence-corrected chi connectivity index (χ3v) is 7.31. The number of alkyl halides is 4. The summed E-state index contributed by atoms with van der Waals surface area (Å²) < 4.78 is 55.6. The van der Waals surface area contributed by atoms with Crippen molar-refractivity contribution in [3.05, 3.63) is 87.7 Å². The Balaban J connectivity index is 1.46. The van der Waals surface area contributed by atoms with Crippen LogP contribution in [0.1, 0.15) is 50.5 Å². The number of hydrogen-bond acceptors (Lipinski definition) is 6. The number of aromatic nitrogens is 3. The molecule has 1 atom stereocenters. The molecule has 3 aromatic heterocycles.